The number of benzene rings is 1. The van der Waals surface area contributed by atoms with Crippen LogP contribution < -0.4 is 5.32 Å². The minimum absolute atomic E-state index is 0.0988. The van der Waals surface area contributed by atoms with E-state index in [-0.39, 0.29) is 5.91 Å². The number of ether oxygens (including phenoxy) is 1. The van der Waals surface area contributed by atoms with Gasteiger partial charge in [-0.25, -0.2) is 4.98 Å². The molecule has 3 rings (SSSR count). The molecule has 1 fully saturated rings. The second-order valence-electron chi connectivity index (χ2n) is 5.75. The molecule has 0 saturated heterocycles. The zero-order chi connectivity index (χ0) is 15.4. The molecule has 0 spiro atoms. The number of nitrogens with one attached hydrogen (secondary N) is 2. The van der Waals surface area contributed by atoms with E-state index in [1.807, 2.05) is 30.3 Å². The van der Waals surface area contributed by atoms with Gasteiger partial charge in [-0.1, -0.05) is 30.3 Å². The molecule has 1 heterocycles. The van der Waals surface area contributed by atoms with E-state index in [4.69, 9.17) is 4.74 Å². The van der Waals surface area contributed by atoms with Crippen molar-refractivity contribution in [2.45, 2.75) is 32.4 Å². The van der Waals surface area contributed by atoms with Gasteiger partial charge < -0.3 is 15.0 Å². The summed E-state index contributed by atoms with van der Waals surface area (Å²) in [6, 6.07) is 9.98. The lowest BCUT2D eigenvalue weighted by Crippen LogP contribution is -2.34. The fourth-order valence-electron chi connectivity index (χ4n) is 2.17. The van der Waals surface area contributed by atoms with Crippen molar-refractivity contribution in [1.82, 2.24) is 15.3 Å². The Morgan fingerprint density at radius 2 is 2.18 bits per heavy atom. The van der Waals surface area contributed by atoms with Gasteiger partial charge in [-0.15, -0.1) is 0 Å². The SMILES string of the molecule is C[C@H](OCC1CC1)C(=O)NCc1ncc(-c2ccccc2)[nH]1. The van der Waals surface area contributed by atoms with E-state index in [0.29, 0.717) is 19.1 Å². The van der Waals surface area contributed by atoms with Crippen molar-refractivity contribution in [3.63, 3.8) is 0 Å². The van der Waals surface area contributed by atoms with Gasteiger partial charge in [0.15, 0.2) is 0 Å². The van der Waals surface area contributed by atoms with Gasteiger partial charge in [-0.05, 0) is 31.2 Å². The Bertz CT molecular complexity index is 620. The summed E-state index contributed by atoms with van der Waals surface area (Å²) in [5.74, 6) is 1.30. The Kier molecular flexibility index (Phi) is 4.53. The molecule has 1 amide bonds. The average Bonchev–Trinajstić information content (AvgIpc) is 3.27. The Hall–Kier alpha value is -2.14. The molecular weight excluding hydrogens is 278 g/mol. The van der Waals surface area contributed by atoms with Gasteiger partial charge in [0.1, 0.15) is 11.9 Å². The highest BCUT2D eigenvalue weighted by Crippen LogP contribution is 2.29. The summed E-state index contributed by atoms with van der Waals surface area (Å²) in [6.07, 6.45) is 3.82. The molecule has 0 bridgehead atoms. The Morgan fingerprint density at radius 3 is 2.91 bits per heavy atom. The number of imidazole rings is 1. The predicted octanol–water partition coefficient (Wildman–Crippen LogP) is 2.51. The van der Waals surface area contributed by atoms with E-state index in [1.54, 1.807) is 13.1 Å². The lowest BCUT2D eigenvalue weighted by Gasteiger charge is -2.12. The third-order valence-electron chi connectivity index (χ3n) is 3.79. The molecular formula is C17H21N3O2. The first-order valence-corrected chi connectivity index (χ1v) is 7.71. The van der Waals surface area contributed by atoms with Gasteiger partial charge in [-0.3, -0.25) is 4.79 Å². The first-order chi connectivity index (χ1) is 10.7. The van der Waals surface area contributed by atoms with Crippen molar-refractivity contribution in [2.75, 3.05) is 6.61 Å². The molecule has 1 aliphatic carbocycles. The number of nitrogens with zero attached hydrogens (tertiary/aromatic N) is 1. The molecule has 5 heteroatoms. The number of rotatable bonds is 7. The summed E-state index contributed by atoms with van der Waals surface area (Å²) in [5, 5.41) is 2.85. The maximum Gasteiger partial charge on any atom is 0.249 e. The second-order valence-corrected chi connectivity index (χ2v) is 5.75. The highest BCUT2D eigenvalue weighted by atomic mass is 16.5. The van der Waals surface area contributed by atoms with Crippen LogP contribution in [0.25, 0.3) is 11.3 Å². The highest BCUT2D eigenvalue weighted by molar-refractivity contribution is 5.80. The summed E-state index contributed by atoms with van der Waals surface area (Å²) in [4.78, 5) is 19.5. The predicted molar refractivity (Wildman–Crippen MR) is 84.0 cm³/mol. The number of carbonyl (C=O) groups is 1. The smallest absolute Gasteiger partial charge is 0.249 e. The van der Waals surface area contributed by atoms with Gasteiger partial charge in [0.25, 0.3) is 0 Å². The highest BCUT2D eigenvalue weighted by Gasteiger charge is 2.24. The molecule has 0 radical (unpaired) electrons. The zero-order valence-corrected chi connectivity index (χ0v) is 12.7. The average molecular weight is 299 g/mol. The number of aromatic amines is 1. The van der Waals surface area contributed by atoms with E-state index < -0.39 is 6.10 Å². The third-order valence-corrected chi connectivity index (χ3v) is 3.79. The maximum atomic E-state index is 11.9. The lowest BCUT2D eigenvalue weighted by atomic mass is 10.2. The van der Waals surface area contributed by atoms with Crippen molar-refractivity contribution < 1.29 is 9.53 Å². The topological polar surface area (TPSA) is 67.0 Å². The second kappa shape index (κ2) is 6.75. The van der Waals surface area contributed by atoms with Gasteiger partial charge in [0.05, 0.1) is 25.0 Å². The molecule has 1 saturated carbocycles. The lowest BCUT2D eigenvalue weighted by molar-refractivity contribution is -0.132. The number of carbonyl (C=O) groups excluding carboxylic acids is 1. The number of hydrogen-bond donors (Lipinski definition) is 2. The van der Waals surface area contributed by atoms with Crippen LogP contribution in [0.4, 0.5) is 0 Å². The number of hydrogen-bond acceptors (Lipinski definition) is 3. The summed E-state index contributed by atoms with van der Waals surface area (Å²) >= 11 is 0. The van der Waals surface area contributed by atoms with Gasteiger partial charge in [0.2, 0.25) is 5.91 Å². The van der Waals surface area contributed by atoms with Crippen molar-refractivity contribution in [2.24, 2.45) is 5.92 Å². The first kappa shape index (κ1) is 14.8. The van der Waals surface area contributed by atoms with Gasteiger partial charge in [-0.2, -0.15) is 0 Å². The maximum absolute atomic E-state index is 11.9. The molecule has 5 nitrogen and oxygen atoms in total. The van der Waals surface area contributed by atoms with Crippen molar-refractivity contribution >= 4 is 5.91 Å². The van der Waals surface area contributed by atoms with Crippen LogP contribution in [0.3, 0.4) is 0 Å². The molecule has 116 valence electrons. The van der Waals surface area contributed by atoms with Crippen molar-refractivity contribution in [3.05, 3.63) is 42.4 Å². The molecule has 0 aliphatic heterocycles. The van der Waals surface area contributed by atoms with Crippen LogP contribution in [0.2, 0.25) is 0 Å². The van der Waals surface area contributed by atoms with Crippen molar-refractivity contribution in [3.8, 4) is 11.3 Å². The zero-order valence-electron chi connectivity index (χ0n) is 12.7. The molecule has 2 aromatic rings. The van der Waals surface area contributed by atoms with E-state index in [2.05, 4.69) is 15.3 Å². The Labute approximate surface area is 130 Å². The molecule has 1 aromatic carbocycles. The normalized spacial score (nSPS) is 15.5. The van der Waals surface area contributed by atoms with E-state index in [9.17, 15) is 4.79 Å². The molecule has 1 aliphatic rings. The standard InChI is InChI=1S/C17H21N3O2/c1-12(22-11-13-7-8-13)17(21)19-10-16-18-9-15(20-16)14-5-3-2-4-6-14/h2-6,9,12-13H,7-8,10-11H2,1H3,(H,18,20)(H,19,21)/t12-/m0/s1. The Balaban J connectivity index is 1.48. The fraction of sp³-hybridized carbons (Fsp3) is 0.412. The molecule has 22 heavy (non-hydrogen) atoms. The number of aromatic nitrogens is 2. The minimum atomic E-state index is -0.413. The molecule has 0 unspecified atom stereocenters. The van der Waals surface area contributed by atoms with Crippen LogP contribution in [0.5, 0.6) is 0 Å². The number of amides is 1. The minimum Gasteiger partial charge on any atom is -0.368 e. The van der Waals surface area contributed by atoms with Crippen LogP contribution in [0, 0.1) is 5.92 Å². The molecule has 1 aromatic heterocycles. The summed E-state index contributed by atoms with van der Waals surface area (Å²) in [7, 11) is 0. The summed E-state index contributed by atoms with van der Waals surface area (Å²) < 4.78 is 5.55. The van der Waals surface area contributed by atoms with E-state index in [0.717, 1.165) is 17.1 Å². The molecule has 1 atom stereocenters. The largest absolute Gasteiger partial charge is 0.368 e. The monoisotopic (exact) mass is 299 g/mol. The van der Waals surface area contributed by atoms with Crippen LogP contribution in [0.15, 0.2) is 36.5 Å². The van der Waals surface area contributed by atoms with Gasteiger partial charge in [0, 0.05) is 0 Å². The molecule has 2 N–H and O–H groups in total. The van der Waals surface area contributed by atoms with Crippen molar-refractivity contribution in [1.29, 1.82) is 0 Å². The van der Waals surface area contributed by atoms with E-state index in [1.165, 1.54) is 12.8 Å². The van der Waals surface area contributed by atoms with Gasteiger partial charge >= 0.3 is 0 Å². The fourth-order valence-corrected chi connectivity index (χ4v) is 2.17. The third kappa shape index (κ3) is 3.95. The van der Waals surface area contributed by atoms with E-state index >= 15 is 0 Å². The summed E-state index contributed by atoms with van der Waals surface area (Å²) in [6.45, 7) is 2.85. The van der Waals surface area contributed by atoms with Crippen LogP contribution in [0.1, 0.15) is 25.6 Å². The summed E-state index contributed by atoms with van der Waals surface area (Å²) in [5.41, 5.74) is 2.02. The van der Waals surface area contributed by atoms with Crippen LogP contribution in [-0.4, -0.2) is 28.6 Å². The van der Waals surface area contributed by atoms with Crippen LogP contribution >= 0.6 is 0 Å². The first-order valence-electron chi connectivity index (χ1n) is 7.71. The van der Waals surface area contributed by atoms with Crippen LogP contribution in [-0.2, 0) is 16.1 Å². The number of H-pyrrole nitrogens is 1. The quantitative estimate of drug-likeness (QED) is 0.825. The Morgan fingerprint density at radius 1 is 1.41 bits per heavy atom.